The summed E-state index contributed by atoms with van der Waals surface area (Å²) in [5.74, 6) is -1.19. The number of aliphatic hydroxyl groups excluding tert-OH is 1. The predicted molar refractivity (Wildman–Crippen MR) is 16.7 cm³/mol. The van der Waals surface area contributed by atoms with Gasteiger partial charge in [-0.3, -0.25) is 0 Å². The van der Waals surface area contributed by atoms with E-state index in [9.17, 15) is 0 Å². The third kappa shape index (κ3) is 42.2. The van der Waals surface area contributed by atoms with Crippen LogP contribution in [0.15, 0.2) is 0 Å². The van der Waals surface area contributed by atoms with Gasteiger partial charge in [0.05, 0.1) is 0 Å². The van der Waals surface area contributed by atoms with E-state index in [-0.39, 0.29) is 77.0 Å². The Morgan fingerprint density at radius 1 is 1.33 bits per heavy atom. The Hall–Kier alpha value is 1.68. The van der Waals surface area contributed by atoms with Crippen molar-refractivity contribution < 1.29 is 92.0 Å². The van der Waals surface area contributed by atoms with Gasteiger partial charge in [0, 0.05) is 0 Å². The number of aliphatic hydroxyl groups is 1. The molecule has 0 amide bonds. The van der Waals surface area contributed by atoms with Crippen LogP contribution in [0.2, 0.25) is 0 Å². The van der Waals surface area contributed by atoms with E-state index >= 15 is 0 Å². The van der Waals surface area contributed by atoms with E-state index in [1.54, 1.807) is 0 Å². The summed E-state index contributed by atoms with van der Waals surface area (Å²) in [5, 5.41) is 15.0. The third-order valence-electron chi connectivity index (χ3n) is 0.135. The summed E-state index contributed by atoms with van der Waals surface area (Å²) < 4.78 is 0. The summed E-state index contributed by atoms with van der Waals surface area (Å²) in [6.07, 6.45) is 0. The molecule has 0 aromatic rings. The van der Waals surface area contributed by atoms with E-state index in [2.05, 4.69) is 0 Å². The molecular weight excluding hydrogens is 169 g/mol. The van der Waals surface area contributed by atoms with Crippen molar-refractivity contribution in [3.05, 3.63) is 0 Å². The SMILES string of the molecule is O=C(O)CO.[Cl-].[Na+].[Na+].[OH-]. The van der Waals surface area contributed by atoms with Gasteiger partial charge < -0.3 is 28.1 Å². The van der Waals surface area contributed by atoms with Crippen molar-refractivity contribution in [3.63, 3.8) is 0 Å². The van der Waals surface area contributed by atoms with Crippen LogP contribution in [0.5, 0.6) is 0 Å². The zero-order chi connectivity index (χ0) is 4.28. The Balaban J connectivity index is -0.0000000133. The molecular formula is C2H5ClNa2O4. The van der Waals surface area contributed by atoms with Crippen LogP contribution in [0.4, 0.5) is 0 Å². The first kappa shape index (κ1) is 31.0. The van der Waals surface area contributed by atoms with Gasteiger partial charge in [0.25, 0.3) is 0 Å². The van der Waals surface area contributed by atoms with Crippen molar-refractivity contribution in [2.75, 3.05) is 6.61 Å². The molecule has 46 valence electrons. The Morgan fingerprint density at radius 2 is 1.44 bits per heavy atom. The molecule has 0 unspecified atom stereocenters. The fourth-order valence-electron chi connectivity index (χ4n) is 0. The molecule has 7 heteroatoms. The number of carboxylic acid groups (broad SMARTS) is 1. The molecule has 0 atom stereocenters. The molecule has 0 aliphatic heterocycles. The zero-order valence-corrected chi connectivity index (χ0v) is 10.1. The van der Waals surface area contributed by atoms with E-state index < -0.39 is 12.6 Å². The molecule has 4 nitrogen and oxygen atoms in total. The van der Waals surface area contributed by atoms with Crippen LogP contribution < -0.4 is 71.5 Å². The van der Waals surface area contributed by atoms with Crippen LogP contribution in [-0.4, -0.2) is 28.3 Å². The van der Waals surface area contributed by atoms with Crippen molar-refractivity contribution in [2.45, 2.75) is 0 Å². The second-order valence-electron chi connectivity index (χ2n) is 0.552. The topological polar surface area (TPSA) is 87.5 Å². The second-order valence-corrected chi connectivity index (χ2v) is 0.552. The van der Waals surface area contributed by atoms with Crippen LogP contribution in [0.1, 0.15) is 0 Å². The first-order chi connectivity index (χ1) is 2.27. The van der Waals surface area contributed by atoms with Crippen LogP contribution in [0.3, 0.4) is 0 Å². The van der Waals surface area contributed by atoms with Gasteiger partial charge in [-0.05, 0) is 0 Å². The summed E-state index contributed by atoms with van der Waals surface area (Å²) >= 11 is 0. The van der Waals surface area contributed by atoms with E-state index in [4.69, 9.17) is 15.0 Å². The van der Waals surface area contributed by atoms with Gasteiger partial charge in [0.15, 0.2) is 0 Å². The molecule has 9 heavy (non-hydrogen) atoms. The average Bonchev–Trinajstić information content (AvgIpc) is 1.38. The van der Waals surface area contributed by atoms with Gasteiger partial charge in [0.1, 0.15) is 6.61 Å². The van der Waals surface area contributed by atoms with E-state index in [0.717, 1.165) is 0 Å². The summed E-state index contributed by atoms with van der Waals surface area (Å²) in [6, 6.07) is 0. The number of carbonyl (C=O) groups is 1. The normalized spacial score (nSPS) is 4.11. The van der Waals surface area contributed by atoms with Crippen LogP contribution in [0.25, 0.3) is 0 Å². The zero-order valence-electron chi connectivity index (χ0n) is 5.33. The number of hydrogen-bond donors (Lipinski definition) is 2. The summed E-state index contributed by atoms with van der Waals surface area (Å²) in [5.41, 5.74) is 0. The molecule has 0 saturated heterocycles. The Morgan fingerprint density at radius 3 is 1.44 bits per heavy atom. The number of halogens is 1. The second kappa shape index (κ2) is 22.6. The van der Waals surface area contributed by atoms with Crippen LogP contribution in [-0.2, 0) is 4.79 Å². The maximum absolute atomic E-state index is 9.12. The van der Waals surface area contributed by atoms with Crippen molar-refractivity contribution in [2.24, 2.45) is 0 Å². The van der Waals surface area contributed by atoms with Crippen molar-refractivity contribution in [3.8, 4) is 0 Å². The van der Waals surface area contributed by atoms with Gasteiger partial charge in [-0.25, -0.2) is 4.79 Å². The first-order valence-electron chi connectivity index (χ1n) is 1.10. The predicted octanol–water partition coefficient (Wildman–Crippen LogP) is -10.1. The van der Waals surface area contributed by atoms with Crippen molar-refractivity contribution >= 4 is 5.97 Å². The molecule has 0 aliphatic carbocycles. The Bertz CT molecular complexity index is 51.8. The summed E-state index contributed by atoms with van der Waals surface area (Å²) in [4.78, 5) is 9.12. The van der Waals surface area contributed by atoms with E-state index in [1.165, 1.54) is 0 Å². The fourth-order valence-corrected chi connectivity index (χ4v) is 0. The van der Waals surface area contributed by atoms with Gasteiger partial charge in [-0.2, -0.15) is 0 Å². The van der Waals surface area contributed by atoms with Gasteiger partial charge in [-0.1, -0.05) is 0 Å². The molecule has 0 heterocycles. The standard InChI is InChI=1S/C2H4O3.ClH.2Na.H2O/c3-1-2(4)5;;;;/h3H,1H2,(H,4,5);1H;;;1H2/q;;2*+1;/p-2. The van der Waals surface area contributed by atoms with Crippen molar-refractivity contribution in [1.29, 1.82) is 0 Å². The van der Waals surface area contributed by atoms with E-state index in [0.29, 0.717) is 0 Å². The van der Waals surface area contributed by atoms with Gasteiger partial charge >= 0.3 is 65.1 Å². The maximum Gasteiger partial charge on any atom is 1.00 e. The Labute approximate surface area is 103 Å². The molecule has 0 fully saturated rings. The molecule has 0 aromatic carbocycles. The number of rotatable bonds is 1. The largest absolute Gasteiger partial charge is 1.00 e. The molecule has 0 bridgehead atoms. The average molecular weight is 174 g/mol. The summed E-state index contributed by atoms with van der Waals surface area (Å²) in [6.45, 7) is -0.778. The minimum absolute atomic E-state index is 0. The summed E-state index contributed by atoms with van der Waals surface area (Å²) in [7, 11) is 0. The molecule has 0 spiro atoms. The molecule has 0 aliphatic rings. The van der Waals surface area contributed by atoms with E-state index in [1.807, 2.05) is 0 Å². The van der Waals surface area contributed by atoms with Crippen molar-refractivity contribution in [1.82, 2.24) is 0 Å². The molecule has 0 radical (unpaired) electrons. The van der Waals surface area contributed by atoms with Gasteiger partial charge in [0.2, 0.25) is 0 Å². The third-order valence-corrected chi connectivity index (χ3v) is 0.135. The smallest absolute Gasteiger partial charge is 1.00 e. The number of hydrogen-bond acceptors (Lipinski definition) is 3. The minimum atomic E-state index is -1.19. The van der Waals surface area contributed by atoms with Gasteiger partial charge in [-0.15, -0.1) is 0 Å². The molecule has 0 aromatic heterocycles. The van der Waals surface area contributed by atoms with Crippen LogP contribution >= 0.6 is 0 Å². The number of carboxylic acids is 1. The maximum atomic E-state index is 9.12. The number of aliphatic carboxylic acids is 1. The molecule has 0 rings (SSSR count). The monoisotopic (exact) mass is 174 g/mol. The Kier molecular flexibility index (Phi) is 77.9. The fraction of sp³-hybridized carbons (Fsp3) is 0.500. The van der Waals surface area contributed by atoms with Crippen LogP contribution in [0, 0.1) is 0 Å². The molecule has 3 N–H and O–H groups in total. The first-order valence-corrected chi connectivity index (χ1v) is 1.10. The quantitative estimate of drug-likeness (QED) is 0.387. The minimum Gasteiger partial charge on any atom is -1.00 e. The molecule has 0 saturated carbocycles.